The standard InChI is InChI=1S/C43H63N11O12S/c1-23(2)18-30(51-38(61)29(15-16-35(57)58)49-34(56)21-44)39(62)52-32(20-26-11-13-27(55)14-12-26)41(64)53-31(19-25-8-5-4-6-9-25)40(63)50-28(10-7-17-47-43(45)46)37(60)48-24(3)36(59)54-33(22-67)42(65)66/h4-6,8-9,11-14,23-24,28-33,55,67H,7,10,15-22,44H2,1-3H3,(H,48,60)(H,49,56)(H,50,63)(H,51,61)(H,52,62)(H,53,64)(H,54,59)(H,57,58)(H,65,66)(H4,45,46,47)/t24-,28-,29-,30-,31-,32-,33-/m0/s1. The van der Waals surface area contributed by atoms with Crippen molar-refractivity contribution >= 4 is 71.9 Å². The van der Waals surface area contributed by atoms with Gasteiger partial charge in [-0.25, -0.2) is 4.79 Å². The molecule has 23 nitrogen and oxygen atoms in total. The highest BCUT2D eigenvalue weighted by Crippen LogP contribution is 2.14. The van der Waals surface area contributed by atoms with Gasteiger partial charge in [-0.1, -0.05) is 56.3 Å². The number of carbonyl (C=O) groups is 9. The quantitative estimate of drug-likeness (QED) is 0.0174. The predicted octanol–water partition coefficient (Wildman–Crippen LogP) is -2.47. The van der Waals surface area contributed by atoms with E-state index in [1.807, 2.05) is 0 Å². The van der Waals surface area contributed by atoms with Crippen LogP contribution in [0.3, 0.4) is 0 Å². The molecule has 0 radical (unpaired) electrons. The van der Waals surface area contributed by atoms with Crippen LogP contribution >= 0.6 is 12.6 Å². The number of hydrogen-bond donors (Lipinski definition) is 14. The molecule has 368 valence electrons. The first-order valence-corrected chi connectivity index (χ1v) is 22.0. The number of carboxylic acids is 2. The van der Waals surface area contributed by atoms with E-state index in [0.717, 1.165) is 0 Å². The van der Waals surface area contributed by atoms with E-state index in [-0.39, 0.29) is 68.4 Å². The largest absolute Gasteiger partial charge is 0.508 e. The molecular formula is C43H63N11O12S. The molecule has 16 N–H and O–H groups in total. The summed E-state index contributed by atoms with van der Waals surface area (Å²) in [4.78, 5) is 122. The van der Waals surface area contributed by atoms with E-state index in [9.17, 15) is 58.5 Å². The molecule has 0 aliphatic heterocycles. The fourth-order valence-electron chi connectivity index (χ4n) is 6.35. The molecule has 0 saturated heterocycles. The van der Waals surface area contributed by atoms with Crippen molar-refractivity contribution in [3.8, 4) is 5.75 Å². The number of amides is 7. The van der Waals surface area contributed by atoms with E-state index in [1.54, 1.807) is 44.2 Å². The third-order valence-electron chi connectivity index (χ3n) is 9.88. The second-order valence-corrected chi connectivity index (χ2v) is 16.3. The molecule has 2 aromatic rings. The maximum absolute atomic E-state index is 14.4. The Bertz CT molecular complexity index is 2040. The summed E-state index contributed by atoms with van der Waals surface area (Å²) < 4.78 is 0. The van der Waals surface area contributed by atoms with Crippen molar-refractivity contribution in [2.75, 3.05) is 18.8 Å². The lowest BCUT2D eigenvalue weighted by molar-refractivity contribution is -0.141. The molecule has 0 aliphatic carbocycles. The molecule has 0 unspecified atom stereocenters. The van der Waals surface area contributed by atoms with Crippen LogP contribution in [0, 0.1) is 5.92 Å². The minimum Gasteiger partial charge on any atom is -0.508 e. The number of aromatic hydroxyl groups is 1. The normalized spacial score (nSPS) is 14.0. The molecule has 0 heterocycles. The average Bonchev–Trinajstić information content (AvgIpc) is 3.27. The van der Waals surface area contributed by atoms with Crippen LogP contribution in [0.15, 0.2) is 59.6 Å². The number of aliphatic imine (C=N–C) groups is 1. The van der Waals surface area contributed by atoms with Crippen molar-refractivity contribution < 1.29 is 58.5 Å². The molecule has 0 fully saturated rings. The summed E-state index contributed by atoms with van der Waals surface area (Å²) >= 11 is 3.93. The van der Waals surface area contributed by atoms with Crippen LogP contribution in [-0.2, 0) is 56.0 Å². The molecule has 0 aliphatic rings. The molecule has 7 amide bonds. The number of carbonyl (C=O) groups excluding carboxylic acids is 7. The van der Waals surface area contributed by atoms with E-state index in [4.69, 9.17) is 17.2 Å². The summed E-state index contributed by atoms with van der Waals surface area (Å²) in [6, 6.07) is 4.71. The lowest BCUT2D eigenvalue weighted by Crippen LogP contribution is -2.60. The average molecular weight is 958 g/mol. The van der Waals surface area contributed by atoms with Crippen LogP contribution in [-0.4, -0.2) is 136 Å². The van der Waals surface area contributed by atoms with Crippen molar-refractivity contribution in [2.24, 2.45) is 28.1 Å². The Morgan fingerprint density at radius 3 is 1.60 bits per heavy atom. The van der Waals surface area contributed by atoms with Crippen LogP contribution in [0.25, 0.3) is 0 Å². The predicted molar refractivity (Wildman–Crippen MR) is 248 cm³/mol. The van der Waals surface area contributed by atoms with E-state index >= 15 is 0 Å². The SMILES string of the molecule is CC(C)C[C@H](NC(=O)[C@H](CCC(=O)O)NC(=O)CN)C(=O)N[C@@H](Cc1ccc(O)cc1)C(=O)N[C@@H](Cc1ccccc1)C(=O)N[C@@H](CCCN=C(N)N)C(=O)N[C@@H](C)C(=O)N[C@@H](CS)C(=O)O. The van der Waals surface area contributed by atoms with Crippen LogP contribution < -0.4 is 54.4 Å². The second-order valence-electron chi connectivity index (χ2n) is 16.0. The van der Waals surface area contributed by atoms with Gasteiger partial charge in [-0.15, -0.1) is 0 Å². The van der Waals surface area contributed by atoms with Gasteiger partial charge in [0, 0.05) is 31.6 Å². The van der Waals surface area contributed by atoms with Gasteiger partial charge < -0.3 is 69.7 Å². The molecule has 67 heavy (non-hydrogen) atoms. The Balaban J connectivity index is 2.53. The van der Waals surface area contributed by atoms with Crippen LogP contribution in [0.2, 0.25) is 0 Å². The summed E-state index contributed by atoms with van der Waals surface area (Å²) in [5.74, 6) is -9.22. The molecular weight excluding hydrogens is 895 g/mol. The first kappa shape index (κ1) is 56.2. The number of aliphatic carboxylic acids is 2. The van der Waals surface area contributed by atoms with Crippen molar-refractivity contribution in [3.63, 3.8) is 0 Å². The summed E-state index contributed by atoms with van der Waals surface area (Å²) in [5.41, 5.74) is 17.4. The maximum Gasteiger partial charge on any atom is 0.327 e. The molecule has 24 heteroatoms. The Hall–Kier alpha value is -6.95. The number of nitrogens with one attached hydrogen (secondary N) is 7. The lowest BCUT2D eigenvalue weighted by atomic mass is 9.99. The maximum atomic E-state index is 14.4. The number of nitrogens with zero attached hydrogens (tertiary/aromatic N) is 1. The van der Waals surface area contributed by atoms with Gasteiger partial charge in [-0.3, -0.25) is 43.3 Å². The smallest absolute Gasteiger partial charge is 0.327 e. The van der Waals surface area contributed by atoms with Gasteiger partial charge in [0.1, 0.15) is 48.0 Å². The number of carboxylic acid groups (broad SMARTS) is 2. The molecule has 0 bridgehead atoms. The van der Waals surface area contributed by atoms with Crippen molar-refractivity contribution in [2.45, 2.75) is 108 Å². The molecule has 0 spiro atoms. The van der Waals surface area contributed by atoms with Crippen LogP contribution in [0.5, 0.6) is 5.75 Å². The zero-order chi connectivity index (χ0) is 50.2. The van der Waals surface area contributed by atoms with Gasteiger partial charge in [0.2, 0.25) is 41.4 Å². The Morgan fingerprint density at radius 2 is 1.09 bits per heavy atom. The number of phenols is 1. The van der Waals surface area contributed by atoms with Crippen LogP contribution in [0.1, 0.15) is 64.0 Å². The fraction of sp³-hybridized carbons (Fsp3) is 0.488. The van der Waals surface area contributed by atoms with Crippen molar-refractivity contribution in [3.05, 3.63) is 65.7 Å². The van der Waals surface area contributed by atoms with Gasteiger partial charge in [-0.05, 0) is 61.8 Å². The molecule has 2 rings (SSSR count). The minimum absolute atomic E-state index is 0.0306. The number of phenolic OH excluding ortho intramolecular Hbond substituents is 1. The topological polar surface area (TPSA) is 389 Å². The van der Waals surface area contributed by atoms with Crippen molar-refractivity contribution in [1.29, 1.82) is 0 Å². The molecule has 2 aromatic carbocycles. The first-order chi connectivity index (χ1) is 31.6. The summed E-state index contributed by atoms with van der Waals surface area (Å²) in [5, 5.41) is 46.2. The first-order valence-electron chi connectivity index (χ1n) is 21.4. The molecule has 0 saturated carbocycles. The number of rotatable bonds is 29. The monoisotopic (exact) mass is 957 g/mol. The van der Waals surface area contributed by atoms with Gasteiger partial charge in [0.15, 0.2) is 5.96 Å². The summed E-state index contributed by atoms with van der Waals surface area (Å²) in [6.07, 6.45) is -1.03. The fourth-order valence-corrected chi connectivity index (χ4v) is 6.60. The third kappa shape index (κ3) is 21.3. The summed E-state index contributed by atoms with van der Waals surface area (Å²) in [6.45, 7) is 4.38. The van der Waals surface area contributed by atoms with Gasteiger partial charge >= 0.3 is 11.9 Å². The van der Waals surface area contributed by atoms with Gasteiger partial charge in [-0.2, -0.15) is 12.6 Å². The van der Waals surface area contributed by atoms with E-state index in [2.05, 4.69) is 54.8 Å². The highest BCUT2D eigenvalue weighted by atomic mass is 32.1. The lowest BCUT2D eigenvalue weighted by Gasteiger charge is -2.28. The van der Waals surface area contributed by atoms with Crippen molar-refractivity contribution in [1.82, 2.24) is 37.2 Å². The molecule has 0 aromatic heterocycles. The second kappa shape index (κ2) is 28.8. The van der Waals surface area contributed by atoms with Gasteiger partial charge in [0.05, 0.1) is 6.54 Å². The van der Waals surface area contributed by atoms with E-state index < -0.39 is 109 Å². The zero-order valence-corrected chi connectivity index (χ0v) is 38.4. The number of benzene rings is 2. The third-order valence-corrected chi connectivity index (χ3v) is 10.2. The van der Waals surface area contributed by atoms with Crippen LogP contribution in [0.4, 0.5) is 0 Å². The van der Waals surface area contributed by atoms with E-state index in [0.29, 0.717) is 11.1 Å². The summed E-state index contributed by atoms with van der Waals surface area (Å²) in [7, 11) is 0. The van der Waals surface area contributed by atoms with E-state index in [1.165, 1.54) is 31.2 Å². The van der Waals surface area contributed by atoms with Gasteiger partial charge in [0.25, 0.3) is 0 Å². The molecule has 7 atom stereocenters. The Kier molecular flexibility index (Phi) is 24.2. The number of guanidine groups is 1. The zero-order valence-electron chi connectivity index (χ0n) is 37.5. The Labute approximate surface area is 393 Å². The number of thiol groups is 1. The highest BCUT2D eigenvalue weighted by Gasteiger charge is 2.34. The highest BCUT2D eigenvalue weighted by molar-refractivity contribution is 7.80. The number of nitrogens with two attached hydrogens (primary N) is 3. The number of hydrogen-bond acceptors (Lipinski definition) is 13. The minimum atomic E-state index is -1.45. The Morgan fingerprint density at radius 1 is 0.612 bits per heavy atom.